The van der Waals surface area contributed by atoms with Gasteiger partial charge in [-0.3, -0.25) is 14.4 Å². The fraction of sp³-hybridized carbons (Fsp3) is 0.136. The highest BCUT2D eigenvalue weighted by atomic mass is 32.2. The summed E-state index contributed by atoms with van der Waals surface area (Å²) < 4.78 is 24.7. The summed E-state index contributed by atoms with van der Waals surface area (Å²) in [5.74, 6) is -0.171. The number of aromatic hydroxyl groups is 1. The Balaban J connectivity index is 1.37. The molecule has 0 aliphatic carbocycles. The van der Waals surface area contributed by atoms with E-state index in [1.54, 1.807) is 10.8 Å². The number of allylic oxidation sites excluding steroid dienone is 1. The van der Waals surface area contributed by atoms with Crippen molar-refractivity contribution in [3.8, 4) is 5.88 Å². The van der Waals surface area contributed by atoms with Gasteiger partial charge < -0.3 is 10.4 Å². The molecule has 0 radical (unpaired) electrons. The Hall–Kier alpha value is -3.12. The van der Waals surface area contributed by atoms with Gasteiger partial charge in [-0.25, -0.2) is 13.6 Å². The standard InChI is InChI=1S/C22H20N4O4S3/c23-33(29,30)16-9-7-15(8-10-16)25-20(27)6-3-11-26-21(28)19(32-22(26)31)12-14-13-24-18-5-2-1-4-17(14)18/h1-2,4-5,7-10,12-13,28H,3,6,11H2,(H,25,27)(H2,23,29,30)/b14-12-. The summed E-state index contributed by atoms with van der Waals surface area (Å²) in [5.41, 5.74) is 3.25. The lowest BCUT2D eigenvalue weighted by atomic mass is 10.1. The molecule has 1 amide bonds. The Labute approximate surface area is 199 Å². The van der Waals surface area contributed by atoms with Gasteiger partial charge in [-0.2, -0.15) is 0 Å². The quantitative estimate of drug-likeness (QED) is 0.417. The van der Waals surface area contributed by atoms with Crippen molar-refractivity contribution in [3.05, 3.63) is 62.9 Å². The second-order valence-electron chi connectivity index (χ2n) is 7.30. The molecule has 3 aromatic rings. The van der Waals surface area contributed by atoms with Gasteiger partial charge in [-0.05, 0) is 55.0 Å². The maximum atomic E-state index is 12.2. The highest BCUT2D eigenvalue weighted by molar-refractivity contribution is 7.89. The third-order valence-corrected chi connectivity index (χ3v) is 7.31. The van der Waals surface area contributed by atoms with Crippen LogP contribution in [0.25, 0.3) is 11.6 Å². The first kappa shape index (κ1) is 23.1. The fourth-order valence-corrected chi connectivity index (χ4v) is 5.18. The number of aliphatic imine (C=N–C) groups is 1. The number of nitrogens with one attached hydrogen (secondary N) is 1. The monoisotopic (exact) mass is 500 g/mol. The predicted molar refractivity (Wildman–Crippen MR) is 133 cm³/mol. The number of hydrogen-bond acceptors (Lipinski definition) is 7. The minimum absolute atomic E-state index is 0.0269. The van der Waals surface area contributed by atoms with Crippen molar-refractivity contribution in [1.29, 1.82) is 0 Å². The number of nitrogens with zero attached hydrogens (tertiary/aromatic N) is 2. The Kier molecular flexibility index (Phi) is 6.56. The number of sulfonamides is 1. The molecule has 4 rings (SSSR count). The van der Waals surface area contributed by atoms with Gasteiger partial charge in [0.2, 0.25) is 21.8 Å². The fourth-order valence-electron chi connectivity index (χ4n) is 3.35. The smallest absolute Gasteiger partial charge is 0.238 e. The highest BCUT2D eigenvalue weighted by Crippen LogP contribution is 2.35. The van der Waals surface area contributed by atoms with Crippen LogP contribution in [0.5, 0.6) is 5.88 Å². The van der Waals surface area contributed by atoms with Crippen molar-refractivity contribution < 1.29 is 18.3 Å². The number of rotatable bonds is 7. The summed E-state index contributed by atoms with van der Waals surface area (Å²) in [6.07, 6.45) is 4.28. The Morgan fingerprint density at radius 1 is 1.21 bits per heavy atom. The number of anilines is 1. The van der Waals surface area contributed by atoms with Crippen molar-refractivity contribution in [1.82, 2.24) is 4.57 Å². The molecule has 33 heavy (non-hydrogen) atoms. The van der Waals surface area contributed by atoms with Crippen LogP contribution in [0, 0.1) is 3.95 Å². The van der Waals surface area contributed by atoms with Gasteiger partial charge in [0.15, 0.2) is 3.95 Å². The lowest BCUT2D eigenvalue weighted by Crippen LogP contribution is -2.14. The Morgan fingerprint density at radius 3 is 2.67 bits per heavy atom. The molecule has 1 aliphatic rings. The van der Waals surface area contributed by atoms with Gasteiger partial charge in [0.25, 0.3) is 0 Å². The summed E-state index contributed by atoms with van der Waals surface area (Å²) in [6.45, 7) is 0.382. The van der Waals surface area contributed by atoms with E-state index in [-0.39, 0.29) is 23.1 Å². The third-order valence-electron chi connectivity index (χ3n) is 4.99. The zero-order chi connectivity index (χ0) is 23.6. The first-order chi connectivity index (χ1) is 15.7. The molecule has 170 valence electrons. The number of fused-ring (bicyclic) bond motifs is 1. The normalized spacial score (nSPS) is 13.9. The number of benzene rings is 2. The minimum atomic E-state index is -3.78. The van der Waals surface area contributed by atoms with Gasteiger partial charge >= 0.3 is 0 Å². The van der Waals surface area contributed by atoms with E-state index in [0.717, 1.165) is 16.8 Å². The van der Waals surface area contributed by atoms with Gasteiger partial charge in [-0.1, -0.05) is 18.2 Å². The third kappa shape index (κ3) is 5.28. The summed E-state index contributed by atoms with van der Waals surface area (Å²) in [7, 11) is -3.78. The molecule has 2 aromatic carbocycles. The average Bonchev–Trinajstić information content (AvgIpc) is 3.29. The molecule has 0 saturated heterocycles. The molecule has 2 heterocycles. The second-order valence-corrected chi connectivity index (χ2v) is 10.5. The van der Waals surface area contributed by atoms with Crippen LogP contribution in [0.1, 0.15) is 23.3 Å². The van der Waals surface area contributed by atoms with Gasteiger partial charge in [-0.15, -0.1) is 11.3 Å². The minimum Gasteiger partial charge on any atom is -0.493 e. The van der Waals surface area contributed by atoms with Crippen molar-refractivity contribution >= 4 is 68.7 Å². The van der Waals surface area contributed by atoms with Crippen LogP contribution in [0.2, 0.25) is 0 Å². The van der Waals surface area contributed by atoms with Gasteiger partial charge in [0, 0.05) is 36.0 Å². The number of thiazole rings is 1. The van der Waals surface area contributed by atoms with Crippen LogP contribution in [0.3, 0.4) is 0 Å². The number of amides is 1. The Morgan fingerprint density at radius 2 is 1.94 bits per heavy atom. The number of aromatic nitrogens is 1. The Bertz CT molecular complexity index is 1440. The molecule has 0 bridgehead atoms. The molecule has 0 saturated carbocycles. The molecule has 11 heteroatoms. The van der Waals surface area contributed by atoms with Crippen LogP contribution in [0.4, 0.5) is 11.4 Å². The van der Waals surface area contributed by atoms with Crippen molar-refractivity contribution in [3.63, 3.8) is 0 Å². The van der Waals surface area contributed by atoms with Crippen molar-refractivity contribution in [2.24, 2.45) is 10.1 Å². The first-order valence-corrected chi connectivity index (χ1v) is 12.7. The summed E-state index contributed by atoms with van der Waals surface area (Å²) >= 11 is 6.70. The molecule has 0 fully saturated rings. The zero-order valence-corrected chi connectivity index (χ0v) is 19.7. The molecule has 1 aliphatic heterocycles. The molecular weight excluding hydrogens is 480 g/mol. The molecule has 1 aromatic heterocycles. The van der Waals surface area contributed by atoms with E-state index in [0.29, 0.717) is 27.5 Å². The van der Waals surface area contributed by atoms with Gasteiger partial charge in [0.1, 0.15) is 0 Å². The van der Waals surface area contributed by atoms with E-state index < -0.39 is 10.0 Å². The topological polar surface area (TPSA) is 127 Å². The first-order valence-electron chi connectivity index (χ1n) is 9.93. The molecule has 4 N–H and O–H groups in total. The van der Waals surface area contributed by atoms with E-state index >= 15 is 0 Å². The number of para-hydroxylation sites is 1. The molecular formula is C22H20N4O4S3. The van der Waals surface area contributed by atoms with E-state index in [1.807, 2.05) is 30.3 Å². The number of carbonyl (C=O) groups excluding carboxylic acids is 1. The van der Waals surface area contributed by atoms with Crippen LogP contribution in [-0.2, 0) is 21.4 Å². The van der Waals surface area contributed by atoms with Crippen molar-refractivity contribution in [2.45, 2.75) is 24.3 Å². The lowest BCUT2D eigenvalue weighted by Gasteiger charge is -2.07. The molecule has 8 nitrogen and oxygen atoms in total. The largest absolute Gasteiger partial charge is 0.493 e. The molecule has 0 atom stereocenters. The van der Waals surface area contributed by atoms with E-state index in [2.05, 4.69) is 10.3 Å². The summed E-state index contributed by atoms with van der Waals surface area (Å²) in [6, 6.07) is 13.4. The highest BCUT2D eigenvalue weighted by Gasteiger charge is 2.15. The second kappa shape index (κ2) is 9.40. The molecule has 0 unspecified atom stereocenters. The zero-order valence-electron chi connectivity index (χ0n) is 17.3. The number of primary sulfonamides is 1. The van der Waals surface area contributed by atoms with E-state index in [9.17, 15) is 18.3 Å². The number of nitrogens with two attached hydrogens (primary N) is 1. The van der Waals surface area contributed by atoms with Crippen LogP contribution < -0.4 is 10.5 Å². The summed E-state index contributed by atoms with van der Waals surface area (Å²) in [4.78, 5) is 17.2. The van der Waals surface area contributed by atoms with Crippen LogP contribution in [-0.4, -0.2) is 30.2 Å². The predicted octanol–water partition coefficient (Wildman–Crippen LogP) is 4.31. The maximum Gasteiger partial charge on any atom is 0.238 e. The SMILES string of the molecule is NS(=O)(=O)c1ccc(NC(=O)CCCn2c(O)c(/C=C3/C=Nc4ccccc43)sc2=S)cc1. The average molecular weight is 501 g/mol. The van der Waals surface area contributed by atoms with Crippen LogP contribution in [0.15, 0.2) is 58.4 Å². The number of hydrogen-bond donors (Lipinski definition) is 3. The van der Waals surface area contributed by atoms with E-state index in [1.165, 1.54) is 35.6 Å². The maximum absolute atomic E-state index is 12.2. The number of carbonyl (C=O) groups is 1. The van der Waals surface area contributed by atoms with Gasteiger partial charge in [0.05, 0.1) is 15.5 Å². The lowest BCUT2D eigenvalue weighted by molar-refractivity contribution is -0.116. The summed E-state index contributed by atoms with van der Waals surface area (Å²) in [5, 5.41) is 18.4. The van der Waals surface area contributed by atoms with Crippen LogP contribution >= 0.6 is 23.6 Å². The molecule has 0 spiro atoms. The van der Waals surface area contributed by atoms with Crippen molar-refractivity contribution in [2.75, 3.05) is 5.32 Å². The van der Waals surface area contributed by atoms with E-state index in [4.69, 9.17) is 17.4 Å².